The maximum absolute atomic E-state index is 5.64. The van der Waals surface area contributed by atoms with Crippen LogP contribution < -0.4 is 16.3 Å². The smallest absolute Gasteiger partial charge is 0.177 e. The molecule has 0 aliphatic rings. The summed E-state index contributed by atoms with van der Waals surface area (Å²) in [5, 5.41) is 6.13. The minimum Gasteiger partial charge on any atom is -0.493 e. The summed E-state index contributed by atoms with van der Waals surface area (Å²) in [4.78, 5) is 0. The van der Waals surface area contributed by atoms with Crippen LogP contribution in [0.25, 0.3) is 10.8 Å². The van der Waals surface area contributed by atoms with Gasteiger partial charge in [0.05, 0.1) is 6.61 Å². The van der Waals surface area contributed by atoms with E-state index in [0.717, 1.165) is 11.5 Å². The molecule has 0 fully saturated rings. The zero-order chi connectivity index (χ0) is 12.8. The van der Waals surface area contributed by atoms with Crippen LogP contribution in [-0.4, -0.2) is 17.5 Å². The normalized spacial score (nSPS) is 11.7. The molecular formula is C13H15N3OS. The Labute approximate surface area is 110 Å². The quantitative estimate of drug-likeness (QED) is 0.291. The predicted octanol–water partition coefficient (Wildman–Crippen LogP) is 2.14. The number of fused-ring (bicyclic) bond motifs is 1. The molecule has 0 saturated carbocycles. The SMILES string of the molecule is NN=C(N)SCCOc1ccc2ccccc2c1. The fourth-order valence-corrected chi connectivity index (χ4v) is 2.05. The molecule has 5 heteroatoms. The van der Waals surface area contributed by atoms with Crippen LogP contribution in [0.5, 0.6) is 5.75 Å². The molecule has 2 rings (SSSR count). The second-order valence-corrected chi connectivity index (χ2v) is 4.79. The molecule has 0 aliphatic heterocycles. The molecular weight excluding hydrogens is 246 g/mol. The van der Waals surface area contributed by atoms with E-state index in [9.17, 15) is 0 Å². The van der Waals surface area contributed by atoms with Gasteiger partial charge in [0.25, 0.3) is 0 Å². The number of hydrogen-bond donors (Lipinski definition) is 2. The van der Waals surface area contributed by atoms with Gasteiger partial charge in [0.15, 0.2) is 5.17 Å². The zero-order valence-electron chi connectivity index (χ0n) is 9.87. The van der Waals surface area contributed by atoms with Crippen LogP contribution in [0, 0.1) is 0 Å². The number of benzene rings is 2. The van der Waals surface area contributed by atoms with E-state index in [1.54, 1.807) is 0 Å². The summed E-state index contributed by atoms with van der Waals surface area (Å²) in [5.74, 6) is 6.61. The lowest BCUT2D eigenvalue weighted by molar-refractivity contribution is 0.344. The summed E-state index contributed by atoms with van der Waals surface area (Å²) in [7, 11) is 0. The number of hydrazone groups is 1. The molecule has 0 spiro atoms. The van der Waals surface area contributed by atoms with Crippen LogP contribution >= 0.6 is 11.8 Å². The van der Waals surface area contributed by atoms with Crippen LogP contribution in [0.15, 0.2) is 47.6 Å². The van der Waals surface area contributed by atoms with Gasteiger partial charge < -0.3 is 16.3 Å². The molecule has 0 saturated heterocycles. The Morgan fingerprint density at radius 3 is 2.72 bits per heavy atom. The standard InChI is InChI=1S/C13H15N3OS/c14-13(16-15)18-8-7-17-12-6-5-10-3-1-2-4-11(10)9-12/h1-6,9H,7-8,15H2,(H2,14,16). The van der Waals surface area contributed by atoms with Crippen molar-refractivity contribution in [3.8, 4) is 5.75 Å². The first-order chi connectivity index (χ1) is 8.79. The third-order valence-corrected chi connectivity index (χ3v) is 3.22. The average Bonchev–Trinajstić information content (AvgIpc) is 2.43. The van der Waals surface area contributed by atoms with E-state index < -0.39 is 0 Å². The second-order valence-electron chi connectivity index (χ2n) is 3.67. The van der Waals surface area contributed by atoms with Crippen molar-refractivity contribution in [1.82, 2.24) is 0 Å². The van der Waals surface area contributed by atoms with Crippen molar-refractivity contribution in [3.05, 3.63) is 42.5 Å². The third-order valence-electron chi connectivity index (χ3n) is 2.45. The molecule has 0 radical (unpaired) electrons. The van der Waals surface area contributed by atoms with Crippen molar-refractivity contribution in [2.75, 3.05) is 12.4 Å². The molecule has 0 amide bonds. The molecule has 0 bridgehead atoms. The van der Waals surface area contributed by atoms with Crippen LogP contribution in [-0.2, 0) is 0 Å². The van der Waals surface area contributed by atoms with E-state index in [-0.39, 0.29) is 0 Å². The Hall–Kier alpha value is -1.88. The summed E-state index contributed by atoms with van der Waals surface area (Å²) in [6, 6.07) is 14.2. The molecule has 2 aromatic carbocycles. The van der Waals surface area contributed by atoms with Crippen LogP contribution in [0.4, 0.5) is 0 Å². The Morgan fingerprint density at radius 1 is 1.17 bits per heavy atom. The number of nitrogens with two attached hydrogens (primary N) is 2. The van der Waals surface area contributed by atoms with Crippen molar-refractivity contribution < 1.29 is 4.74 Å². The predicted molar refractivity (Wildman–Crippen MR) is 77.7 cm³/mol. The molecule has 0 atom stereocenters. The van der Waals surface area contributed by atoms with Crippen molar-refractivity contribution in [2.45, 2.75) is 0 Å². The van der Waals surface area contributed by atoms with Gasteiger partial charge in [-0.1, -0.05) is 42.1 Å². The van der Waals surface area contributed by atoms with Gasteiger partial charge in [-0.3, -0.25) is 0 Å². The number of hydrogen-bond acceptors (Lipinski definition) is 4. The van der Waals surface area contributed by atoms with E-state index in [2.05, 4.69) is 17.2 Å². The van der Waals surface area contributed by atoms with E-state index in [1.807, 2.05) is 30.3 Å². The van der Waals surface area contributed by atoms with Crippen LogP contribution in [0.2, 0.25) is 0 Å². The maximum atomic E-state index is 5.64. The van der Waals surface area contributed by atoms with Crippen molar-refractivity contribution in [1.29, 1.82) is 0 Å². The summed E-state index contributed by atoms with van der Waals surface area (Å²) in [6.45, 7) is 0.569. The highest BCUT2D eigenvalue weighted by Crippen LogP contribution is 2.20. The van der Waals surface area contributed by atoms with Gasteiger partial charge in [0.1, 0.15) is 5.75 Å². The maximum Gasteiger partial charge on any atom is 0.177 e. The number of nitrogens with zero attached hydrogens (tertiary/aromatic N) is 1. The molecule has 4 N–H and O–H groups in total. The number of thioether (sulfide) groups is 1. The molecule has 0 unspecified atom stereocenters. The minimum atomic E-state index is 0.372. The van der Waals surface area contributed by atoms with Crippen LogP contribution in [0.1, 0.15) is 0 Å². The largest absolute Gasteiger partial charge is 0.493 e. The first-order valence-electron chi connectivity index (χ1n) is 5.57. The minimum absolute atomic E-state index is 0.372. The monoisotopic (exact) mass is 261 g/mol. The average molecular weight is 261 g/mol. The van der Waals surface area contributed by atoms with Crippen molar-refractivity contribution >= 4 is 27.7 Å². The number of amidine groups is 1. The lowest BCUT2D eigenvalue weighted by Crippen LogP contribution is -2.12. The van der Waals surface area contributed by atoms with Gasteiger partial charge in [-0.15, -0.1) is 0 Å². The summed E-state index contributed by atoms with van der Waals surface area (Å²) in [6.07, 6.45) is 0. The molecule has 0 aromatic heterocycles. The highest BCUT2D eigenvalue weighted by Gasteiger charge is 1.98. The van der Waals surface area contributed by atoms with Crippen LogP contribution in [0.3, 0.4) is 0 Å². The van der Waals surface area contributed by atoms with Gasteiger partial charge in [-0.2, -0.15) is 5.10 Å². The van der Waals surface area contributed by atoms with Crippen molar-refractivity contribution in [3.63, 3.8) is 0 Å². The fourth-order valence-electron chi connectivity index (χ4n) is 1.60. The fraction of sp³-hybridized carbons (Fsp3) is 0.154. The summed E-state index contributed by atoms with van der Waals surface area (Å²) < 4.78 is 5.64. The van der Waals surface area contributed by atoms with E-state index in [0.29, 0.717) is 11.8 Å². The lowest BCUT2D eigenvalue weighted by Gasteiger charge is -2.06. The molecule has 4 nitrogen and oxygen atoms in total. The van der Waals surface area contributed by atoms with E-state index >= 15 is 0 Å². The third kappa shape index (κ3) is 3.30. The molecule has 0 aliphatic carbocycles. The second kappa shape index (κ2) is 6.16. The molecule has 0 heterocycles. The Balaban J connectivity index is 1.92. The summed E-state index contributed by atoms with van der Waals surface area (Å²) in [5.41, 5.74) is 5.46. The Morgan fingerprint density at radius 2 is 1.94 bits per heavy atom. The van der Waals surface area contributed by atoms with E-state index in [1.165, 1.54) is 22.5 Å². The summed E-state index contributed by atoms with van der Waals surface area (Å²) >= 11 is 1.38. The number of rotatable bonds is 4. The highest BCUT2D eigenvalue weighted by atomic mass is 32.2. The Kier molecular flexibility index (Phi) is 4.30. The molecule has 18 heavy (non-hydrogen) atoms. The molecule has 2 aromatic rings. The van der Waals surface area contributed by atoms with E-state index in [4.69, 9.17) is 16.3 Å². The highest BCUT2D eigenvalue weighted by molar-refractivity contribution is 8.13. The number of ether oxygens (including phenoxy) is 1. The molecule has 94 valence electrons. The Bertz CT molecular complexity index is 557. The lowest BCUT2D eigenvalue weighted by atomic mass is 10.1. The zero-order valence-corrected chi connectivity index (χ0v) is 10.7. The van der Waals surface area contributed by atoms with Gasteiger partial charge in [0, 0.05) is 5.75 Å². The first kappa shape index (κ1) is 12.6. The van der Waals surface area contributed by atoms with Crippen molar-refractivity contribution in [2.24, 2.45) is 16.7 Å². The van der Waals surface area contributed by atoms with Gasteiger partial charge >= 0.3 is 0 Å². The first-order valence-corrected chi connectivity index (χ1v) is 6.56. The van der Waals surface area contributed by atoms with Gasteiger partial charge in [0.2, 0.25) is 0 Å². The van der Waals surface area contributed by atoms with Gasteiger partial charge in [-0.25, -0.2) is 0 Å². The van der Waals surface area contributed by atoms with Gasteiger partial charge in [-0.05, 0) is 22.9 Å². The topological polar surface area (TPSA) is 73.6 Å².